The van der Waals surface area contributed by atoms with E-state index < -0.39 is 30.8 Å². The number of amides is 1. The van der Waals surface area contributed by atoms with Crippen molar-refractivity contribution in [1.82, 2.24) is 10.3 Å². The molecule has 0 saturated heterocycles. The Morgan fingerprint density at radius 3 is 2.45 bits per heavy atom. The van der Waals surface area contributed by atoms with Gasteiger partial charge in [-0.1, -0.05) is 12.1 Å². The number of aliphatic hydroxyl groups is 2. The van der Waals surface area contributed by atoms with E-state index in [9.17, 15) is 28.2 Å². The zero-order valence-electron chi connectivity index (χ0n) is 18.1. The molecule has 0 radical (unpaired) electrons. The zero-order chi connectivity index (χ0) is 24.4. The SMILES string of the molecule is CC(C)(C)OC(=O)NCc1cc(-c2ccc(OC(F)(F)F)cc2)c2ncoc2c1C(O)CO. The summed E-state index contributed by atoms with van der Waals surface area (Å²) < 4.78 is 51.9. The molecule has 3 N–H and O–H groups in total. The van der Waals surface area contributed by atoms with E-state index in [4.69, 9.17) is 9.15 Å². The summed E-state index contributed by atoms with van der Waals surface area (Å²) in [5.41, 5.74) is 1.37. The van der Waals surface area contributed by atoms with Gasteiger partial charge >= 0.3 is 12.5 Å². The van der Waals surface area contributed by atoms with E-state index in [1.54, 1.807) is 26.8 Å². The van der Waals surface area contributed by atoms with Crippen molar-refractivity contribution in [2.45, 2.75) is 45.4 Å². The Morgan fingerprint density at radius 2 is 1.88 bits per heavy atom. The van der Waals surface area contributed by atoms with E-state index in [1.165, 1.54) is 12.1 Å². The standard InChI is InChI=1S/C22H23F3N2O6/c1-21(2,3)33-20(30)26-9-13-8-15(12-4-6-14(7-5-12)32-22(23,24)25)18-19(31-11-27-18)17(13)16(29)10-28/h4-8,11,16,28-29H,9-10H2,1-3H3,(H,26,30). The third-order valence-electron chi connectivity index (χ3n) is 4.46. The van der Waals surface area contributed by atoms with Gasteiger partial charge in [0.2, 0.25) is 0 Å². The number of carbonyl (C=O) groups is 1. The van der Waals surface area contributed by atoms with Crippen LogP contribution >= 0.6 is 0 Å². The number of fused-ring (bicyclic) bond motifs is 1. The Morgan fingerprint density at radius 1 is 1.21 bits per heavy atom. The molecule has 11 heteroatoms. The quantitative estimate of drug-likeness (QED) is 0.490. The highest BCUT2D eigenvalue weighted by molar-refractivity contribution is 5.94. The molecule has 0 fully saturated rings. The molecule has 0 saturated carbocycles. The predicted molar refractivity (Wildman–Crippen MR) is 111 cm³/mol. The van der Waals surface area contributed by atoms with Crippen molar-refractivity contribution in [2.24, 2.45) is 0 Å². The highest BCUT2D eigenvalue weighted by Gasteiger charge is 2.31. The van der Waals surface area contributed by atoms with Crippen LogP contribution in [0, 0.1) is 0 Å². The van der Waals surface area contributed by atoms with Crippen LogP contribution < -0.4 is 10.1 Å². The van der Waals surface area contributed by atoms with Crippen molar-refractivity contribution in [3.05, 3.63) is 47.9 Å². The summed E-state index contributed by atoms with van der Waals surface area (Å²) in [6.07, 6.45) is -5.69. The van der Waals surface area contributed by atoms with E-state index in [-0.39, 0.29) is 23.4 Å². The second-order valence-electron chi connectivity index (χ2n) is 8.15. The van der Waals surface area contributed by atoms with Crippen LogP contribution in [-0.4, -0.2) is 39.9 Å². The summed E-state index contributed by atoms with van der Waals surface area (Å²) in [4.78, 5) is 16.3. The monoisotopic (exact) mass is 468 g/mol. The molecule has 1 atom stereocenters. The first-order valence-corrected chi connectivity index (χ1v) is 9.89. The van der Waals surface area contributed by atoms with Crippen LogP contribution in [0.25, 0.3) is 22.2 Å². The van der Waals surface area contributed by atoms with Gasteiger partial charge in [-0.2, -0.15) is 0 Å². The smallest absolute Gasteiger partial charge is 0.444 e. The number of aromatic nitrogens is 1. The molecule has 1 unspecified atom stereocenters. The van der Waals surface area contributed by atoms with Crippen molar-refractivity contribution in [2.75, 3.05) is 6.61 Å². The molecule has 1 heterocycles. The maximum atomic E-state index is 12.5. The Hall–Kier alpha value is -3.31. The van der Waals surface area contributed by atoms with Crippen LogP contribution in [0.15, 0.2) is 41.1 Å². The molecule has 33 heavy (non-hydrogen) atoms. The van der Waals surface area contributed by atoms with E-state index in [1.807, 2.05) is 0 Å². The number of hydrogen-bond acceptors (Lipinski definition) is 7. The number of rotatable bonds is 6. The number of alkyl carbamates (subject to hydrolysis) is 1. The summed E-state index contributed by atoms with van der Waals surface area (Å²) in [7, 11) is 0. The van der Waals surface area contributed by atoms with Crippen molar-refractivity contribution >= 4 is 17.2 Å². The van der Waals surface area contributed by atoms with Crippen LogP contribution in [0.5, 0.6) is 5.75 Å². The highest BCUT2D eigenvalue weighted by atomic mass is 19.4. The molecule has 0 aliphatic rings. The third-order valence-corrected chi connectivity index (χ3v) is 4.46. The highest BCUT2D eigenvalue weighted by Crippen LogP contribution is 2.36. The Labute approximate surface area is 186 Å². The number of hydrogen-bond donors (Lipinski definition) is 3. The van der Waals surface area contributed by atoms with Crippen LogP contribution in [0.4, 0.5) is 18.0 Å². The van der Waals surface area contributed by atoms with Gasteiger partial charge in [-0.05, 0) is 50.1 Å². The second-order valence-corrected chi connectivity index (χ2v) is 8.15. The van der Waals surface area contributed by atoms with Gasteiger partial charge in [0.15, 0.2) is 12.0 Å². The number of alkyl halides is 3. The van der Waals surface area contributed by atoms with Gasteiger partial charge in [-0.3, -0.25) is 0 Å². The average Bonchev–Trinajstić information content (AvgIpc) is 3.18. The zero-order valence-corrected chi connectivity index (χ0v) is 18.1. The first kappa shape index (κ1) is 24.3. The molecule has 1 aromatic heterocycles. The number of benzene rings is 2. The van der Waals surface area contributed by atoms with E-state index in [2.05, 4.69) is 15.0 Å². The minimum atomic E-state index is -4.82. The molecule has 1 amide bonds. The molecule has 3 aromatic rings. The lowest BCUT2D eigenvalue weighted by atomic mass is 9.94. The van der Waals surface area contributed by atoms with Gasteiger partial charge in [0, 0.05) is 17.7 Å². The Balaban J connectivity index is 2.02. The summed E-state index contributed by atoms with van der Waals surface area (Å²) in [6, 6.07) is 6.75. The first-order valence-electron chi connectivity index (χ1n) is 9.89. The van der Waals surface area contributed by atoms with E-state index >= 15 is 0 Å². The van der Waals surface area contributed by atoms with Gasteiger partial charge in [-0.15, -0.1) is 13.2 Å². The largest absolute Gasteiger partial charge is 0.573 e. The van der Waals surface area contributed by atoms with Crippen LogP contribution in [-0.2, 0) is 11.3 Å². The minimum Gasteiger partial charge on any atom is -0.444 e. The minimum absolute atomic E-state index is 0.0831. The van der Waals surface area contributed by atoms with E-state index in [0.717, 1.165) is 18.5 Å². The average molecular weight is 468 g/mol. The molecule has 0 aliphatic carbocycles. The van der Waals surface area contributed by atoms with Crippen LogP contribution in [0.3, 0.4) is 0 Å². The summed E-state index contributed by atoms with van der Waals surface area (Å²) >= 11 is 0. The van der Waals surface area contributed by atoms with Crippen molar-refractivity contribution in [3.63, 3.8) is 0 Å². The van der Waals surface area contributed by atoms with Crippen molar-refractivity contribution < 1.29 is 42.1 Å². The molecule has 2 aromatic carbocycles. The summed E-state index contributed by atoms with van der Waals surface area (Å²) in [5, 5.41) is 22.5. The Bertz CT molecular complexity index is 1120. The molecule has 178 valence electrons. The normalized spacial score (nSPS) is 13.1. The lowest BCUT2D eigenvalue weighted by molar-refractivity contribution is -0.274. The molecular formula is C22H23F3N2O6. The van der Waals surface area contributed by atoms with Gasteiger partial charge in [0.25, 0.3) is 0 Å². The number of halogens is 3. The molecule has 0 aliphatic heterocycles. The van der Waals surface area contributed by atoms with Crippen molar-refractivity contribution in [3.8, 4) is 16.9 Å². The molecule has 0 bridgehead atoms. The van der Waals surface area contributed by atoms with Crippen molar-refractivity contribution in [1.29, 1.82) is 0 Å². The Kier molecular flexibility index (Phi) is 6.84. The maximum Gasteiger partial charge on any atom is 0.573 e. The van der Waals surface area contributed by atoms with Gasteiger partial charge < -0.3 is 29.4 Å². The summed E-state index contributed by atoms with van der Waals surface area (Å²) in [5.74, 6) is -0.387. The number of nitrogens with zero attached hydrogens (tertiary/aromatic N) is 1. The number of ether oxygens (including phenoxy) is 2. The lowest BCUT2D eigenvalue weighted by Crippen LogP contribution is -2.32. The second kappa shape index (κ2) is 9.28. The molecule has 8 nitrogen and oxygen atoms in total. The molecule has 0 spiro atoms. The van der Waals surface area contributed by atoms with Gasteiger partial charge in [0.05, 0.1) is 6.61 Å². The van der Waals surface area contributed by atoms with Crippen LogP contribution in [0.2, 0.25) is 0 Å². The lowest BCUT2D eigenvalue weighted by Gasteiger charge is -2.21. The van der Waals surface area contributed by atoms with E-state index in [0.29, 0.717) is 22.2 Å². The number of oxazole rings is 1. The maximum absolute atomic E-state index is 12.5. The first-order chi connectivity index (χ1) is 15.4. The number of carbonyl (C=O) groups excluding carboxylic acids is 1. The van der Waals surface area contributed by atoms with Crippen LogP contribution in [0.1, 0.15) is 38.0 Å². The van der Waals surface area contributed by atoms with Gasteiger partial charge in [0.1, 0.15) is 23.0 Å². The fourth-order valence-electron chi connectivity index (χ4n) is 3.24. The summed E-state index contributed by atoms with van der Waals surface area (Å²) in [6.45, 7) is 4.42. The third kappa shape index (κ3) is 6.14. The fourth-order valence-corrected chi connectivity index (χ4v) is 3.24. The number of nitrogens with one attached hydrogen (secondary N) is 1. The molecule has 3 rings (SSSR count). The predicted octanol–water partition coefficient (Wildman–Crippen LogP) is 4.44. The van der Waals surface area contributed by atoms with Gasteiger partial charge in [-0.25, -0.2) is 9.78 Å². The topological polar surface area (TPSA) is 114 Å². The molecular weight excluding hydrogens is 445 g/mol. The fraction of sp³-hybridized carbons (Fsp3) is 0.364. The number of aliphatic hydroxyl groups excluding tert-OH is 2.